The molecule has 0 atom stereocenters. The Bertz CT molecular complexity index is 865. The zero-order valence-corrected chi connectivity index (χ0v) is 13.8. The number of carbonyl (C=O) groups excluding carboxylic acids is 1. The molecule has 0 saturated heterocycles. The number of anilines is 1. The summed E-state index contributed by atoms with van der Waals surface area (Å²) in [5, 5.41) is 11.5. The maximum Gasteiger partial charge on any atom is 0.221 e. The average Bonchev–Trinajstić information content (AvgIpc) is 3.01. The van der Waals surface area contributed by atoms with Crippen LogP contribution in [0.4, 0.5) is 10.1 Å². The lowest BCUT2D eigenvalue weighted by Crippen LogP contribution is -2.06. The summed E-state index contributed by atoms with van der Waals surface area (Å²) in [4.78, 5) is 11.2. The smallest absolute Gasteiger partial charge is 0.221 e. The van der Waals surface area contributed by atoms with Crippen molar-refractivity contribution >= 4 is 23.4 Å². The second kappa shape index (κ2) is 7.27. The maximum atomic E-state index is 13.2. The molecule has 0 aliphatic carbocycles. The number of aromatic nitrogens is 3. The van der Waals surface area contributed by atoms with E-state index in [-0.39, 0.29) is 11.7 Å². The van der Waals surface area contributed by atoms with Crippen LogP contribution in [-0.4, -0.2) is 20.7 Å². The molecule has 0 aliphatic rings. The third-order valence-electron chi connectivity index (χ3n) is 3.22. The van der Waals surface area contributed by atoms with Gasteiger partial charge in [-0.3, -0.25) is 9.36 Å². The summed E-state index contributed by atoms with van der Waals surface area (Å²) in [5.74, 6) is 0.205. The summed E-state index contributed by atoms with van der Waals surface area (Å²) in [7, 11) is 0. The average molecular weight is 342 g/mol. The summed E-state index contributed by atoms with van der Waals surface area (Å²) in [6, 6.07) is 13.9. The highest BCUT2D eigenvalue weighted by molar-refractivity contribution is 7.98. The molecule has 122 valence electrons. The van der Waals surface area contributed by atoms with Crippen LogP contribution in [0.25, 0.3) is 5.69 Å². The fourth-order valence-electron chi connectivity index (χ4n) is 2.21. The molecule has 7 heteroatoms. The van der Waals surface area contributed by atoms with E-state index in [1.807, 2.05) is 34.9 Å². The zero-order chi connectivity index (χ0) is 16.9. The highest BCUT2D eigenvalue weighted by Crippen LogP contribution is 2.24. The Morgan fingerprint density at radius 1 is 1.25 bits per heavy atom. The van der Waals surface area contributed by atoms with Gasteiger partial charge in [-0.2, -0.15) is 0 Å². The van der Waals surface area contributed by atoms with Gasteiger partial charge in [0, 0.05) is 18.4 Å². The van der Waals surface area contributed by atoms with Crippen LogP contribution >= 0.6 is 11.8 Å². The number of thioether (sulfide) groups is 1. The Labute approximate surface area is 142 Å². The summed E-state index contributed by atoms with van der Waals surface area (Å²) < 4.78 is 15.1. The summed E-state index contributed by atoms with van der Waals surface area (Å²) in [6.45, 7) is 1.46. The third-order valence-corrected chi connectivity index (χ3v) is 4.23. The first-order valence-corrected chi connectivity index (χ1v) is 8.26. The quantitative estimate of drug-likeness (QED) is 0.719. The van der Waals surface area contributed by atoms with Crippen molar-refractivity contribution in [1.82, 2.24) is 14.8 Å². The molecule has 1 amide bonds. The molecule has 2 aromatic carbocycles. The van der Waals surface area contributed by atoms with Gasteiger partial charge in [0.25, 0.3) is 0 Å². The van der Waals surface area contributed by atoms with Crippen molar-refractivity contribution in [2.45, 2.75) is 17.8 Å². The molecule has 3 rings (SSSR count). The molecule has 0 aliphatic heterocycles. The molecule has 0 spiro atoms. The highest BCUT2D eigenvalue weighted by Gasteiger charge is 2.09. The van der Waals surface area contributed by atoms with Gasteiger partial charge in [-0.1, -0.05) is 30.0 Å². The van der Waals surface area contributed by atoms with Crippen LogP contribution in [0.1, 0.15) is 12.5 Å². The van der Waals surface area contributed by atoms with Crippen molar-refractivity contribution in [3.8, 4) is 5.69 Å². The van der Waals surface area contributed by atoms with Crippen molar-refractivity contribution in [2.75, 3.05) is 5.32 Å². The summed E-state index contributed by atoms with van der Waals surface area (Å²) in [6.07, 6.45) is 1.61. The van der Waals surface area contributed by atoms with E-state index in [0.717, 1.165) is 11.3 Å². The first-order valence-electron chi connectivity index (χ1n) is 7.27. The number of rotatable bonds is 5. The number of nitrogens with one attached hydrogen (secondary N) is 1. The molecule has 0 fully saturated rings. The highest BCUT2D eigenvalue weighted by atomic mass is 32.2. The van der Waals surface area contributed by atoms with Crippen molar-refractivity contribution in [2.24, 2.45) is 0 Å². The van der Waals surface area contributed by atoms with Gasteiger partial charge in [0.2, 0.25) is 5.91 Å². The lowest BCUT2D eigenvalue weighted by molar-refractivity contribution is -0.114. The molecule has 1 heterocycles. The van der Waals surface area contributed by atoms with Crippen LogP contribution in [0.15, 0.2) is 60.0 Å². The van der Waals surface area contributed by atoms with E-state index in [2.05, 4.69) is 15.5 Å². The Hall–Kier alpha value is -2.67. The minimum absolute atomic E-state index is 0.128. The standard InChI is InChI=1S/C17H15FN4OS/c1-12(23)20-15-6-3-7-16(9-15)22-11-19-21-17(22)24-10-13-4-2-5-14(18)8-13/h2-9,11H,10H2,1H3,(H,20,23). The number of hydrogen-bond donors (Lipinski definition) is 1. The first-order chi connectivity index (χ1) is 11.6. The second-order valence-electron chi connectivity index (χ2n) is 5.13. The molecule has 0 radical (unpaired) electrons. The Morgan fingerprint density at radius 3 is 2.88 bits per heavy atom. The van der Waals surface area contributed by atoms with E-state index >= 15 is 0 Å². The SMILES string of the molecule is CC(=O)Nc1cccc(-n2cnnc2SCc2cccc(F)c2)c1. The van der Waals surface area contributed by atoms with Crippen molar-refractivity contribution in [3.05, 3.63) is 66.2 Å². The van der Waals surface area contributed by atoms with Crippen molar-refractivity contribution < 1.29 is 9.18 Å². The molecular formula is C17H15FN4OS. The molecule has 1 aromatic heterocycles. The minimum atomic E-state index is -0.252. The van der Waals surface area contributed by atoms with Crippen LogP contribution in [0.5, 0.6) is 0 Å². The number of benzene rings is 2. The predicted molar refractivity (Wildman–Crippen MR) is 91.6 cm³/mol. The molecule has 1 N–H and O–H groups in total. The van der Waals surface area contributed by atoms with Gasteiger partial charge in [-0.25, -0.2) is 4.39 Å². The molecule has 3 aromatic rings. The number of carbonyl (C=O) groups is 1. The van der Waals surface area contributed by atoms with Gasteiger partial charge in [-0.15, -0.1) is 10.2 Å². The largest absolute Gasteiger partial charge is 0.326 e. The molecule has 5 nitrogen and oxygen atoms in total. The van der Waals surface area contributed by atoms with Crippen LogP contribution in [0, 0.1) is 5.82 Å². The van der Waals surface area contributed by atoms with E-state index in [4.69, 9.17) is 0 Å². The van der Waals surface area contributed by atoms with Gasteiger partial charge in [0.05, 0.1) is 5.69 Å². The molecule has 0 saturated carbocycles. The number of nitrogens with zero attached hydrogens (tertiary/aromatic N) is 3. The van der Waals surface area contributed by atoms with Gasteiger partial charge in [0.15, 0.2) is 5.16 Å². The lowest BCUT2D eigenvalue weighted by atomic mass is 10.2. The fourth-order valence-corrected chi connectivity index (χ4v) is 3.08. The van der Waals surface area contributed by atoms with Crippen LogP contribution < -0.4 is 5.32 Å². The van der Waals surface area contributed by atoms with Crippen LogP contribution in [0.3, 0.4) is 0 Å². The van der Waals surface area contributed by atoms with Crippen LogP contribution in [0.2, 0.25) is 0 Å². The molecule has 24 heavy (non-hydrogen) atoms. The normalized spacial score (nSPS) is 10.6. The molecule has 0 bridgehead atoms. The lowest BCUT2D eigenvalue weighted by Gasteiger charge is -2.09. The van der Waals surface area contributed by atoms with E-state index in [1.165, 1.54) is 30.8 Å². The van der Waals surface area contributed by atoms with E-state index in [1.54, 1.807) is 12.4 Å². The summed E-state index contributed by atoms with van der Waals surface area (Å²) >= 11 is 1.47. The first kappa shape index (κ1) is 16.2. The van der Waals surface area contributed by atoms with Gasteiger partial charge in [-0.05, 0) is 35.9 Å². The van der Waals surface area contributed by atoms with Crippen molar-refractivity contribution in [3.63, 3.8) is 0 Å². The zero-order valence-electron chi connectivity index (χ0n) is 12.9. The Balaban J connectivity index is 1.79. The van der Waals surface area contributed by atoms with Gasteiger partial charge in [0.1, 0.15) is 12.1 Å². The van der Waals surface area contributed by atoms with Crippen molar-refractivity contribution in [1.29, 1.82) is 0 Å². The van der Waals surface area contributed by atoms with E-state index in [9.17, 15) is 9.18 Å². The second-order valence-corrected chi connectivity index (χ2v) is 6.08. The van der Waals surface area contributed by atoms with Gasteiger partial charge >= 0.3 is 0 Å². The maximum absolute atomic E-state index is 13.2. The molecule has 0 unspecified atom stereocenters. The summed E-state index contributed by atoms with van der Waals surface area (Å²) in [5.41, 5.74) is 2.42. The monoisotopic (exact) mass is 342 g/mol. The predicted octanol–water partition coefficient (Wildman–Crippen LogP) is 3.66. The Kier molecular flexibility index (Phi) is 4.90. The van der Waals surface area contributed by atoms with Crippen LogP contribution in [-0.2, 0) is 10.5 Å². The topological polar surface area (TPSA) is 59.8 Å². The van der Waals surface area contributed by atoms with E-state index < -0.39 is 0 Å². The number of hydrogen-bond acceptors (Lipinski definition) is 4. The molecular weight excluding hydrogens is 327 g/mol. The fraction of sp³-hybridized carbons (Fsp3) is 0.118. The number of amides is 1. The van der Waals surface area contributed by atoms with E-state index in [0.29, 0.717) is 16.6 Å². The number of halogens is 1. The Morgan fingerprint density at radius 2 is 2.08 bits per heavy atom. The minimum Gasteiger partial charge on any atom is -0.326 e. The van der Waals surface area contributed by atoms with Gasteiger partial charge < -0.3 is 5.32 Å². The third kappa shape index (κ3) is 3.99.